The van der Waals surface area contributed by atoms with E-state index in [-0.39, 0.29) is 645 Å². The molecule has 0 rings (SSSR count). The summed E-state index contributed by atoms with van der Waals surface area (Å²) in [5.74, 6) is 0. The Kier molecular flexibility index (Phi) is 504. The summed E-state index contributed by atoms with van der Waals surface area (Å²) in [6.07, 6.45) is 0. The maximum Gasteiger partial charge on any atom is 3.00 e. The van der Waals surface area contributed by atoms with Gasteiger partial charge in [-0.3, -0.25) is 0 Å². The molecule has 0 fully saturated rings. The van der Waals surface area contributed by atoms with E-state index in [0.717, 1.165) is 0 Å². The van der Waals surface area contributed by atoms with Gasteiger partial charge in [-0.2, -0.15) is 70.4 Å². The minimum Gasteiger partial charge on any atom is -0.870 e. The summed E-state index contributed by atoms with van der Waals surface area (Å²) in [5.41, 5.74) is 0. The van der Waals surface area contributed by atoms with Crippen molar-refractivity contribution in [3.8, 4) is 0 Å². The summed E-state index contributed by atoms with van der Waals surface area (Å²) < 4.78 is 76.9. The molecule has 74 heavy (non-hydrogen) atoms. The van der Waals surface area contributed by atoms with E-state index < -0.39 is 70.4 Å². The van der Waals surface area contributed by atoms with E-state index in [4.69, 9.17) is 173 Å². The van der Waals surface area contributed by atoms with E-state index in [1.807, 2.05) is 0 Å². The SMILES string of the molecule is O=P([O-])([O-])[O-].O=P([O-])([O-])[O-].O=P([O-])([O-])[O-].O=P([O-])([O-])[O-].O=P([O-])([O-])[O-].O=P([O-])([O-])[O-].O=P([O-])([O-])[O-].O=P([O-])([O-])[O-].O=P([O-])([O-])[O-].[Al+3].[Al+3].[Al+3].[Al+3].[Ca+2].[Ca+2].[Ca+2].[Ca+2].[Li+].[Li+].[Li+].[Li+].[Na+].[Na+].[Na+].[Na+].[OH-].[OH-].[OH-].[OH-].[OH-].[OH-].[OH-].[OH-].[OH-].[Sr+2].[Sr+2].[Sr+2].[Sr+2]. The van der Waals surface area contributed by atoms with Gasteiger partial charge in [0.15, 0.2) is 0 Å². The third kappa shape index (κ3) is 1890. The summed E-state index contributed by atoms with van der Waals surface area (Å²) in [5, 5.41) is 0. The van der Waals surface area contributed by atoms with E-state index >= 15 is 0 Å². The summed E-state index contributed by atoms with van der Waals surface area (Å²) >= 11 is 0. The molecule has 0 saturated carbocycles. The van der Waals surface area contributed by atoms with Gasteiger partial charge in [0.2, 0.25) is 0 Å². The van der Waals surface area contributed by atoms with Crippen LogP contribution in [0.3, 0.4) is 0 Å². The van der Waals surface area contributed by atoms with Crippen LogP contribution in [-0.2, 0) is 41.1 Å². The van der Waals surface area contributed by atoms with Crippen LogP contribution in [0, 0.1) is 0 Å². The minimum atomic E-state index is -5.39. The Morgan fingerprint density at radius 1 is 0.162 bits per heavy atom. The van der Waals surface area contributed by atoms with Crippen LogP contribution >= 0.6 is 70.4 Å². The standard InChI is InChI=1S/4Al.4Ca.4Li.4Na.9H3O4P.9H2O.4Sr/c;;;;;;;;;;;;;;;;9*1-5(2,3)4;;;;;;;;;;;;;/h;;;;;;;;;;;;;;;;9*(H3,1,2,3,4);9*1H2;;;;/q4*+3;4*+2;8*+1;;;;;;;;;;;;;;;;;;;4*+2/p-36. The second kappa shape index (κ2) is 144. The van der Waals surface area contributed by atoms with E-state index in [1.54, 1.807) is 0 Å². The minimum absolute atomic E-state index is 0. The van der Waals surface area contributed by atoms with E-state index in [9.17, 15) is 0 Å². The predicted molar refractivity (Wildman–Crippen MR) is 155 cm³/mol. The van der Waals surface area contributed by atoms with Gasteiger partial charge in [0.05, 0.1) is 0 Å². The molecule has 45 nitrogen and oxygen atoms in total. The Morgan fingerprint density at radius 2 is 0.162 bits per heavy atom. The molecule has 74 heteroatoms. The first kappa shape index (κ1) is 259. The molecular weight excluding hydrogens is 1740 g/mol. The first-order valence-electron chi connectivity index (χ1n) is 6.57. The van der Waals surface area contributed by atoms with Crippen LogP contribution in [0.4, 0.5) is 0 Å². The smallest absolute Gasteiger partial charge is 0.870 e. The van der Waals surface area contributed by atoms with Gasteiger partial charge in [-0.1, -0.05) is 0 Å². The Bertz CT molecular complexity index is 845. The van der Waals surface area contributed by atoms with E-state index in [1.165, 1.54) is 0 Å². The Morgan fingerprint density at radius 3 is 0.162 bits per heavy atom. The Labute approximate surface area is 865 Å². The van der Waals surface area contributed by atoms with Gasteiger partial charge in [0.25, 0.3) is 0 Å². The molecule has 360 valence electrons. The van der Waals surface area contributed by atoms with Crippen LogP contribution < -0.4 is 326 Å². The molecule has 0 radical (unpaired) electrons. The average Bonchev–Trinajstić information content (AvgIpc) is 2.26. The molecular formula is H9Al4Ca4Li4Na4O45P9Sr4. The van der Waals surface area contributed by atoms with E-state index in [2.05, 4.69) is 0 Å². The molecule has 0 bridgehead atoms. The molecule has 0 spiro atoms. The summed E-state index contributed by atoms with van der Waals surface area (Å²) in [6, 6.07) is 0. The van der Waals surface area contributed by atoms with Crippen molar-refractivity contribution in [3.63, 3.8) is 0 Å². The van der Waals surface area contributed by atoms with E-state index in [0.29, 0.717) is 0 Å². The van der Waals surface area contributed by atoms with Gasteiger partial charge in [-0.15, -0.1) is 0 Å². The zero-order valence-corrected chi connectivity index (χ0v) is 82.1. The second-order valence-electron chi connectivity index (χ2n) is 4.02. The van der Waals surface area contributed by atoms with Gasteiger partial charge < -0.3 is 222 Å². The first-order valence-corrected chi connectivity index (χ1v) is 19.7. The van der Waals surface area contributed by atoms with Crippen LogP contribution in [-0.4, -0.2) is 452 Å². The van der Waals surface area contributed by atoms with Gasteiger partial charge in [-0.25, -0.2) is 0 Å². The summed E-state index contributed by atoms with van der Waals surface area (Å²) in [6.45, 7) is 0. The zero-order valence-electron chi connectivity index (χ0n) is 38.7. The number of hydrogen-bond acceptors (Lipinski definition) is 45. The molecule has 0 aliphatic heterocycles. The third-order valence-corrected chi connectivity index (χ3v) is 0. The van der Waals surface area contributed by atoms with Crippen molar-refractivity contribution in [2.45, 2.75) is 0 Å². The second-order valence-corrected chi connectivity index (χ2v) is 12.1. The quantitative estimate of drug-likeness (QED) is 0.160. The van der Waals surface area contributed by atoms with Crippen LogP contribution in [0.2, 0.25) is 0 Å². The molecule has 0 aliphatic rings. The number of rotatable bonds is 0. The van der Waals surface area contributed by atoms with Crippen LogP contribution in [0.5, 0.6) is 0 Å². The van der Waals surface area contributed by atoms with Gasteiger partial charge in [0, 0.05) is 0 Å². The molecule has 0 aliphatic carbocycles. The Balaban J connectivity index is -0.00000000522. The first-order chi connectivity index (χ1) is 18.0. The summed E-state index contributed by atoms with van der Waals surface area (Å²) in [7, 11) is -48.5. The largest absolute Gasteiger partial charge is 3.00 e. The maximum atomic E-state index is 8.55. The molecule has 0 amide bonds. The fourth-order valence-electron chi connectivity index (χ4n) is 0. The van der Waals surface area contributed by atoms with Crippen molar-refractivity contribution >= 4 is 473 Å². The maximum absolute atomic E-state index is 8.55. The monoisotopic (exact) mass is 1750 g/mol. The van der Waals surface area contributed by atoms with Crippen LogP contribution in [0.15, 0.2) is 0 Å². The average molecular weight is 1750 g/mol. The van der Waals surface area contributed by atoms with Crippen molar-refractivity contribution in [1.29, 1.82) is 0 Å². The van der Waals surface area contributed by atoms with Crippen LogP contribution in [0.1, 0.15) is 0 Å². The molecule has 0 saturated heterocycles. The van der Waals surface area contributed by atoms with Gasteiger partial charge in [0.1, 0.15) is 0 Å². The summed E-state index contributed by atoms with van der Waals surface area (Å²) in [4.78, 5) is 231. The van der Waals surface area contributed by atoms with Gasteiger partial charge >= 0.3 is 596 Å². The topological polar surface area (TPSA) is 1050 Å². The predicted octanol–water partition coefficient (Wildman–Crippen LogP) is -55.6. The van der Waals surface area contributed by atoms with Crippen molar-refractivity contribution in [2.24, 2.45) is 0 Å². The molecule has 0 unspecified atom stereocenters. The molecule has 0 aromatic carbocycles. The van der Waals surface area contributed by atoms with Crippen LogP contribution in [0.25, 0.3) is 0 Å². The van der Waals surface area contributed by atoms with Gasteiger partial charge in [-0.05, 0) is 0 Å². The molecule has 0 aromatic rings. The van der Waals surface area contributed by atoms with Crippen molar-refractivity contribution in [2.75, 3.05) is 0 Å². The normalized spacial score (nSPS) is 7.18. The fraction of sp³-hybridized carbons (Fsp3) is 0. The zero-order chi connectivity index (χ0) is 40.5. The van der Waals surface area contributed by atoms with Crippen molar-refractivity contribution in [1.82, 2.24) is 0 Å². The number of phosphoric acid groups is 9. The van der Waals surface area contributed by atoms with Crippen molar-refractivity contribution in [3.05, 3.63) is 0 Å². The Hall–Kier alpha value is 20.1. The number of hydrogen-bond donors (Lipinski definition) is 0. The fourth-order valence-corrected chi connectivity index (χ4v) is 0. The third-order valence-electron chi connectivity index (χ3n) is 0. The molecule has 0 aromatic heterocycles. The molecule has 0 atom stereocenters. The molecule has 9 N–H and O–H groups in total. The van der Waals surface area contributed by atoms with Crippen molar-refractivity contribution < 1.29 is 416 Å². The molecule has 0 heterocycles.